The molecule has 3 nitrogen and oxygen atoms in total. The summed E-state index contributed by atoms with van der Waals surface area (Å²) in [7, 11) is 0. The molecule has 0 aliphatic carbocycles. The molecule has 78 valence electrons. The summed E-state index contributed by atoms with van der Waals surface area (Å²) in [6.45, 7) is 2.23. The van der Waals surface area contributed by atoms with E-state index in [2.05, 4.69) is 16.4 Å². The summed E-state index contributed by atoms with van der Waals surface area (Å²) in [5.74, 6) is 0.648. The lowest BCUT2D eigenvalue weighted by Crippen LogP contribution is -2.26. The number of hydrogen-bond acceptors (Lipinski definition) is 3. The summed E-state index contributed by atoms with van der Waals surface area (Å²) in [4.78, 5) is 4.07. The highest BCUT2D eigenvalue weighted by Gasteiger charge is 2.19. The van der Waals surface area contributed by atoms with Gasteiger partial charge in [0.15, 0.2) is 5.58 Å². The number of hydrogen-bond donors (Lipinski definition) is 1. The van der Waals surface area contributed by atoms with Crippen molar-refractivity contribution in [2.75, 3.05) is 13.1 Å². The topological polar surface area (TPSA) is 38.1 Å². The molecule has 0 amide bonds. The molecule has 1 N–H and O–H groups in total. The van der Waals surface area contributed by atoms with Gasteiger partial charge in [-0.2, -0.15) is 0 Å². The van der Waals surface area contributed by atoms with Gasteiger partial charge in [-0.05, 0) is 37.9 Å². The number of pyridine rings is 1. The molecule has 3 rings (SSSR count). The lowest BCUT2D eigenvalue weighted by atomic mass is 9.90. The van der Waals surface area contributed by atoms with Crippen LogP contribution < -0.4 is 5.32 Å². The molecule has 3 heterocycles. The minimum Gasteiger partial charge on any atom is -0.462 e. The third kappa shape index (κ3) is 1.53. The van der Waals surface area contributed by atoms with Gasteiger partial charge >= 0.3 is 0 Å². The molecule has 0 spiro atoms. The van der Waals surface area contributed by atoms with Gasteiger partial charge in [0, 0.05) is 17.1 Å². The van der Waals surface area contributed by atoms with Gasteiger partial charge < -0.3 is 9.73 Å². The van der Waals surface area contributed by atoms with Crippen LogP contribution in [0.2, 0.25) is 0 Å². The van der Waals surface area contributed by atoms with Gasteiger partial charge in [0.2, 0.25) is 0 Å². The number of rotatable bonds is 1. The van der Waals surface area contributed by atoms with Crippen molar-refractivity contribution in [2.24, 2.45) is 0 Å². The van der Waals surface area contributed by atoms with Crippen LogP contribution in [-0.4, -0.2) is 18.1 Å². The predicted octanol–water partition coefficient (Wildman–Crippen LogP) is 2.29. The van der Waals surface area contributed by atoms with Crippen LogP contribution in [0.1, 0.15) is 24.3 Å². The van der Waals surface area contributed by atoms with Crippen molar-refractivity contribution >= 4 is 11.0 Å². The normalized spacial score (nSPS) is 18.4. The van der Waals surface area contributed by atoms with Gasteiger partial charge in [-0.25, -0.2) is 0 Å². The Hall–Kier alpha value is -1.35. The summed E-state index contributed by atoms with van der Waals surface area (Å²) in [5, 5.41) is 4.62. The van der Waals surface area contributed by atoms with Crippen LogP contribution in [0.5, 0.6) is 0 Å². The molecule has 0 radical (unpaired) electrons. The van der Waals surface area contributed by atoms with Crippen molar-refractivity contribution in [2.45, 2.75) is 18.8 Å². The maximum absolute atomic E-state index is 5.52. The molecule has 1 aliphatic rings. The van der Waals surface area contributed by atoms with Gasteiger partial charge in [-0.1, -0.05) is 0 Å². The van der Waals surface area contributed by atoms with Crippen LogP contribution in [0.25, 0.3) is 11.0 Å². The van der Waals surface area contributed by atoms with Gasteiger partial charge in [-0.15, -0.1) is 0 Å². The Morgan fingerprint density at radius 1 is 1.33 bits per heavy atom. The lowest BCUT2D eigenvalue weighted by molar-refractivity contribution is 0.457. The highest BCUT2D eigenvalue weighted by atomic mass is 16.3. The number of aromatic nitrogens is 1. The minimum absolute atomic E-state index is 0.648. The van der Waals surface area contributed by atoms with E-state index in [0.29, 0.717) is 5.92 Å². The minimum atomic E-state index is 0.648. The van der Waals surface area contributed by atoms with E-state index in [-0.39, 0.29) is 0 Å². The van der Waals surface area contributed by atoms with E-state index in [1.165, 1.54) is 23.8 Å². The molecular weight excluding hydrogens is 188 g/mol. The first kappa shape index (κ1) is 8.92. The van der Waals surface area contributed by atoms with Crippen molar-refractivity contribution in [3.8, 4) is 0 Å². The first-order valence-electron chi connectivity index (χ1n) is 5.47. The summed E-state index contributed by atoms with van der Waals surface area (Å²) >= 11 is 0. The molecule has 0 saturated carbocycles. The quantitative estimate of drug-likeness (QED) is 0.771. The third-order valence-corrected chi connectivity index (χ3v) is 3.19. The zero-order chi connectivity index (χ0) is 10.1. The van der Waals surface area contributed by atoms with Gasteiger partial charge in [0.1, 0.15) is 0 Å². The first-order chi connectivity index (χ1) is 7.45. The van der Waals surface area contributed by atoms with E-state index < -0.39 is 0 Å². The van der Waals surface area contributed by atoms with E-state index in [0.717, 1.165) is 18.7 Å². The summed E-state index contributed by atoms with van der Waals surface area (Å²) in [5.41, 5.74) is 2.26. The molecule has 1 aliphatic heterocycles. The van der Waals surface area contributed by atoms with Crippen LogP contribution >= 0.6 is 0 Å². The number of nitrogens with zero attached hydrogens (tertiary/aromatic N) is 1. The Morgan fingerprint density at radius 3 is 3.07 bits per heavy atom. The standard InChI is InChI=1S/C12H14N2O/c1-4-13-5-2-9(1)11-8-15-12-7-14-6-3-10(11)12/h3,6-9,13H,1-2,4-5H2. The van der Waals surface area contributed by atoms with Crippen molar-refractivity contribution in [3.63, 3.8) is 0 Å². The van der Waals surface area contributed by atoms with Crippen molar-refractivity contribution < 1.29 is 4.42 Å². The molecule has 0 aromatic carbocycles. The molecule has 2 aromatic heterocycles. The summed E-state index contributed by atoms with van der Waals surface area (Å²) < 4.78 is 5.52. The van der Waals surface area contributed by atoms with E-state index in [9.17, 15) is 0 Å². The second-order valence-corrected chi connectivity index (χ2v) is 4.09. The average molecular weight is 202 g/mol. The first-order valence-corrected chi connectivity index (χ1v) is 5.47. The maximum Gasteiger partial charge on any atom is 0.152 e. The molecule has 0 atom stereocenters. The van der Waals surface area contributed by atoms with Gasteiger partial charge in [0.25, 0.3) is 0 Å². The Balaban J connectivity index is 2.02. The number of piperidine rings is 1. The molecule has 1 saturated heterocycles. The number of fused-ring (bicyclic) bond motifs is 1. The van der Waals surface area contributed by atoms with Crippen LogP contribution in [0.4, 0.5) is 0 Å². The maximum atomic E-state index is 5.52. The van der Waals surface area contributed by atoms with E-state index in [1.807, 2.05) is 12.5 Å². The fourth-order valence-corrected chi connectivity index (χ4v) is 2.35. The molecular formula is C12H14N2O. The Morgan fingerprint density at radius 2 is 2.20 bits per heavy atom. The van der Waals surface area contributed by atoms with Crippen molar-refractivity contribution in [1.82, 2.24) is 10.3 Å². The zero-order valence-corrected chi connectivity index (χ0v) is 8.57. The lowest BCUT2D eigenvalue weighted by Gasteiger charge is -2.21. The van der Waals surface area contributed by atoms with Crippen LogP contribution in [0.15, 0.2) is 29.1 Å². The summed E-state index contributed by atoms with van der Waals surface area (Å²) in [6.07, 6.45) is 7.94. The molecule has 0 unspecified atom stereocenters. The highest BCUT2D eigenvalue weighted by Crippen LogP contribution is 2.32. The second kappa shape index (κ2) is 3.66. The fraction of sp³-hybridized carbons (Fsp3) is 0.417. The van der Waals surface area contributed by atoms with Crippen LogP contribution in [0.3, 0.4) is 0 Å². The average Bonchev–Trinajstić information content (AvgIpc) is 2.74. The van der Waals surface area contributed by atoms with Crippen molar-refractivity contribution in [3.05, 3.63) is 30.3 Å². The largest absolute Gasteiger partial charge is 0.462 e. The Labute approximate surface area is 88.5 Å². The van der Waals surface area contributed by atoms with E-state index >= 15 is 0 Å². The second-order valence-electron chi connectivity index (χ2n) is 4.09. The smallest absolute Gasteiger partial charge is 0.152 e. The van der Waals surface area contributed by atoms with Crippen molar-refractivity contribution in [1.29, 1.82) is 0 Å². The SMILES string of the molecule is c1cc2c(C3CCNCC3)coc2cn1. The fourth-order valence-electron chi connectivity index (χ4n) is 2.35. The molecule has 1 fully saturated rings. The van der Waals surface area contributed by atoms with Crippen LogP contribution in [0, 0.1) is 0 Å². The molecule has 0 bridgehead atoms. The monoisotopic (exact) mass is 202 g/mol. The van der Waals surface area contributed by atoms with Gasteiger partial charge in [-0.3, -0.25) is 4.98 Å². The van der Waals surface area contributed by atoms with Crippen LogP contribution in [-0.2, 0) is 0 Å². The van der Waals surface area contributed by atoms with E-state index in [1.54, 1.807) is 6.20 Å². The van der Waals surface area contributed by atoms with E-state index in [4.69, 9.17) is 4.42 Å². The van der Waals surface area contributed by atoms with Gasteiger partial charge in [0.05, 0.1) is 12.5 Å². The Kier molecular flexibility index (Phi) is 2.18. The predicted molar refractivity (Wildman–Crippen MR) is 58.9 cm³/mol. The zero-order valence-electron chi connectivity index (χ0n) is 8.57. The summed E-state index contributed by atoms with van der Waals surface area (Å²) in [6, 6.07) is 2.05. The number of furan rings is 1. The third-order valence-electron chi connectivity index (χ3n) is 3.19. The molecule has 2 aromatic rings. The highest BCUT2D eigenvalue weighted by molar-refractivity contribution is 5.80. The Bertz CT molecular complexity index is 457. The molecule has 3 heteroatoms. The molecule has 15 heavy (non-hydrogen) atoms. The number of nitrogens with one attached hydrogen (secondary N) is 1.